The van der Waals surface area contributed by atoms with Crippen LogP contribution >= 0.6 is 11.6 Å². The largest absolute Gasteiger partial charge is 0.495 e. The third-order valence-electron chi connectivity index (χ3n) is 2.71. The van der Waals surface area contributed by atoms with Gasteiger partial charge in [0.1, 0.15) is 11.5 Å². The van der Waals surface area contributed by atoms with E-state index in [0.717, 1.165) is 6.07 Å². The van der Waals surface area contributed by atoms with E-state index in [9.17, 15) is 9.18 Å². The normalized spacial score (nSPS) is 10.1. The summed E-state index contributed by atoms with van der Waals surface area (Å²) in [4.78, 5) is 15.5. The van der Waals surface area contributed by atoms with Crippen molar-refractivity contribution in [2.75, 3.05) is 19.5 Å². The third kappa shape index (κ3) is 3.41. The summed E-state index contributed by atoms with van der Waals surface area (Å²) in [5, 5.41) is 2.96. The minimum atomic E-state index is -0.733. The molecule has 21 heavy (non-hydrogen) atoms. The highest BCUT2D eigenvalue weighted by atomic mass is 35.5. The molecule has 2 aromatic rings. The summed E-state index contributed by atoms with van der Waals surface area (Å²) in [5.74, 6) is -0.486. The van der Waals surface area contributed by atoms with Crippen LogP contribution in [0.3, 0.4) is 0 Å². The average Bonchev–Trinajstić information content (AvgIpc) is 2.48. The van der Waals surface area contributed by atoms with Crippen molar-refractivity contribution >= 4 is 23.2 Å². The van der Waals surface area contributed by atoms with Crippen LogP contribution < -0.4 is 14.8 Å². The molecular weight excluding hydrogens is 299 g/mol. The van der Waals surface area contributed by atoms with Crippen molar-refractivity contribution in [2.45, 2.75) is 0 Å². The topological polar surface area (TPSA) is 60.5 Å². The number of nitrogens with zero attached hydrogens (tertiary/aromatic N) is 1. The minimum Gasteiger partial charge on any atom is -0.495 e. The Bertz CT molecular complexity index is 679. The maximum absolute atomic E-state index is 13.0. The number of halogens is 2. The van der Waals surface area contributed by atoms with Crippen molar-refractivity contribution < 1.29 is 18.7 Å². The molecule has 1 aromatic heterocycles. The monoisotopic (exact) mass is 310 g/mol. The number of pyridine rings is 1. The van der Waals surface area contributed by atoms with Crippen LogP contribution in [0.2, 0.25) is 5.02 Å². The SMILES string of the molecule is COc1cc(NC(=O)c2ccnc(F)c2)c(OC)cc1Cl. The van der Waals surface area contributed by atoms with E-state index in [0.29, 0.717) is 22.2 Å². The van der Waals surface area contributed by atoms with E-state index < -0.39 is 11.9 Å². The Balaban J connectivity index is 2.32. The Labute approximate surface area is 125 Å². The fourth-order valence-corrected chi connectivity index (χ4v) is 1.93. The van der Waals surface area contributed by atoms with Crippen LogP contribution in [0.1, 0.15) is 10.4 Å². The molecule has 0 aliphatic heterocycles. The molecule has 2 rings (SSSR count). The third-order valence-corrected chi connectivity index (χ3v) is 3.01. The second kappa shape index (κ2) is 6.41. The zero-order valence-electron chi connectivity index (χ0n) is 11.3. The van der Waals surface area contributed by atoms with Gasteiger partial charge in [0.2, 0.25) is 5.95 Å². The van der Waals surface area contributed by atoms with Crippen LogP contribution in [0.5, 0.6) is 11.5 Å². The lowest BCUT2D eigenvalue weighted by molar-refractivity contribution is 0.102. The van der Waals surface area contributed by atoms with E-state index in [-0.39, 0.29) is 5.56 Å². The van der Waals surface area contributed by atoms with Crippen molar-refractivity contribution in [1.29, 1.82) is 0 Å². The Hall–Kier alpha value is -2.34. The number of rotatable bonds is 4. The maximum Gasteiger partial charge on any atom is 0.255 e. The Morgan fingerprint density at radius 1 is 1.24 bits per heavy atom. The summed E-state index contributed by atoms with van der Waals surface area (Å²) in [6.07, 6.45) is 1.21. The van der Waals surface area contributed by atoms with Crippen molar-refractivity contribution in [2.24, 2.45) is 0 Å². The van der Waals surface area contributed by atoms with Gasteiger partial charge in [0, 0.05) is 30.0 Å². The molecule has 110 valence electrons. The van der Waals surface area contributed by atoms with Gasteiger partial charge in [-0.3, -0.25) is 4.79 Å². The molecule has 0 bridgehead atoms. The van der Waals surface area contributed by atoms with Gasteiger partial charge in [0.05, 0.1) is 24.9 Å². The van der Waals surface area contributed by atoms with Gasteiger partial charge in [-0.1, -0.05) is 11.6 Å². The van der Waals surface area contributed by atoms with Crippen molar-refractivity contribution in [3.63, 3.8) is 0 Å². The molecule has 0 saturated carbocycles. The van der Waals surface area contributed by atoms with Gasteiger partial charge in [-0.05, 0) is 6.07 Å². The number of carbonyl (C=O) groups excluding carboxylic acids is 1. The first-order chi connectivity index (χ1) is 10.0. The molecule has 1 N–H and O–H groups in total. The summed E-state index contributed by atoms with van der Waals surface area (Å²) >= 11 is 5.98. The highest BCUT2D eigenvalue weighted by molar-refractivity contribution is 6.32. The van der Waals surface area contributed by atoms with E-state index in [4.69, 9.17) is 21.1 Å². The number of hydrogen-bond donors (Lipinski definition) is 1. The molecule has 0 aliphatic carbocycles. The molecule has 0 aliphatic rings. The molecule has 1 heterocycles. The van der Waals surface area contributed by atoms with Crippen LogP contribution in [0.25, 0.3) is 0 Å². The first-order valence-electron chi connectivity index (χ1n) is 5.89. The Kier molecular flexibility index (Phi) is 4.59. The highest BCUT2D eigenvalue weighted by Gasteiger charge is 2.14. The fourth-order valence-electron chi connectivity index (χ4n) is 1.70. The van der Waals surface area contributed by atoms with Gasteiger partial charge in [-0.15, -0.1) is 0 Å². The standard InChI is InChI=1S/C14H12ClFN2O3/c1-20-11-7-10(12(21-2)6-9(11)15)18-14(19)8-3-4-17-13(16)5-8/h3-7H,1-2H3,(H,18,19). The van der Waals surface area contributed by atoms with Gasteiger partial charge in [-0.25, -0.2) is 4.98 Å². The van der Waals surface area contributed by atoms with Gasteiger partial charge in [0.15, 0.2) is 0 Å². The number of amides is 1. The number of aromatic nitrogens is 1. The fraction of sp³-hybridized carbons (Fsp3) is 0.143. The summed E-state index contributed by atoms with van der Waals surface area (Å²) in [6, 6.07) is 5.48. The number of nitrogens with one attached hydrogen (secondary N) is 1. The molecule has 1 amide bonds. The number of carbonyl (C=O) groups is 1. The molecule has 0 unspecified atom stereocenters. The second-order valence-corrected chi connectivity index (χ2v) is 4.42. The zero-order chi connectivity index (χ0) is 15.4. The van der Waals surface area contributed by atoms with Gasteiger partial charge >= 0.3 is 0 Å². The number of hydrogen-bond acceptors (Lipinski definition) is 4. The van der Waals surface area contributed by atoms with Gasteiger partial charge in [0.25, 0.3) is 5.91 Å². The number of methoxy groups -OCH3 is 2. The summed E-state index contributed by atoms with van der Waals surface area (Å²) < 4.78 is 23.3. The molecule has 1 aromatic carbocycles. The highest BCUT2D eigenvalue weighted by Crippen LogP contribution is 2.36. The second-order valence-electron chi connectivity index (χ2n) is 4.01. The molecule has 0 spiro atoms. The van der Waals surface area contributed by atoms with Crippen LogP contribution in [-0.2, 0) is 0 Å². The molecule has 0 atom stereocenters. The van der Waals surface area contributed by atoms with Crippen LogP contribution in [-0.4, -0.2) is 25.1 Å². The zero-order valence-corrected chi connectivity index (χ0v) is 12.1. The molecular formula is C14H12ClFN2O3. The summed E-state index contributed by atoms with van der Waals surface area (Å²) in [5.41, 5.74) is 0.499. The predicted molar refractivity (Wildman–Crippen MR) is 76.7 cm³/mol. The van der Waals surface area contributed by atoms with Crippen LogP contribution in [0.15, 0.2) is 30.5 Å². The lowest BCUT2D eigenvalue weighted by Gasteiger charge is -2.13. The molecule has 7 heteroatoms. The number of anilines is 1. The van der Waals surface area contributed by atoms with E-state index in [2.05, 4.69) is 10.3 Å². The lowest BCUT2D eigenvalue weighted by Crippen LogP contribution is -2.13. The average molecular weight is 311 g/mol. The van der Waals surface area contributed by atoms with E-state index in [1.165, 1.54) is 38.6 Å². The van der Waals surface area contributed by atoms with E-state index in [1.807, 2.05) is 0 Å². The van der Waals surface area contributed by atoms with E-state index in [1.54, 1.807) is 0 Å². The smallest absolute Gasteiger partial charge is 0.255 e. The summed E-state index contributed by atoms with van der Waals surface area (Å²) in [6.45, 7) is 0. The molecule has 0 radical (unpaired) electrons. The number of benzene rings is 1. The molecule has 0 fully saturated rings. The van der Waals surface area contributed by atoms with Crippen LogP contribution in [0, 0.1) is 5.95 Å². The van der Waals surface area contributed by atoms with Crippen molar-refractivity contribution in [3.05, 3.63) is 47.0 Å². The van der Waals surface area contributed by atoms with Crippen molar-refractivity contribution in [3.8, 4) is 11.5 Å². The van der Waals surface area contributed by atoms with Gasteiger partial charge in [-0.2, -0.15) is 4.39 Å². The molecule has 5 nitrogen and oxygen atoms in total. The quantitative estimate of drug-likeness (QED) is 0.881. The lowest BCUT2D eigenvalue weighted by atomic mass is 10.2. The van der Waals surface area contributed by atoms with Crippen LogP contribution in [0.4, 0.5) is 10.1 Å². The summed E-state index contributed by atoms with van der Waals surface area (Å²) in [7, 11) is 2.90. The number of ether oxygens (including phenoxy) is 2. The first-order valence-corrected chi connectivity index (χ1v) is 6.27. The Morgan fingerprint density at radius 2 is 1.95 bits per heavy atom. The maximum atomic E-state index is 13.0. The molecule has 0 saturated heterocycles. The van der Waals surface area contributed by atoms with Crippen molar-refractivity contribution in [1.82, 2.24) is 4.98 Å². The van der Waals surface area contributed by atoms with Gasteiger partial charge < -0.3 is 14.8 Å². The first kappa shape index (κ1) is 15.1. The minimum absolute atomic E-state index is 0.137. The van der Waals surface area contributed by atoms with E-state index >= 15 is 0 Å². The predicted octanol–water partition coefficient (Wildman–Crippen LogP) is 3.14. The Morgan fingerprint density at radius 3 is 2.57 bits per heavy atom.